The van der Waals surface area contributed by atoms with Gasteiger partial charge in [0, 0.05) is 44.8 Å². The predicted octanol–water partition coefficient (Wildman–Crippen LogP) is 2.38. The topological polar surface area (TPSA) is 91.0 Å². The monoisotopic (exact) mass is 439 g/mol. The SMILES string of the molecule is Cn1cnc(S(=O)(=O)N2C[C@H](NCc3cccc(C#N)c3)[C@@H](c3ccc(F)cc3)C2)c1. The summed E-state index contributed by atoms with van der Waals surface area (Å²) in [5.41, 5.74) is 2.37. The van der Waals surface area contributed by atoms with Gasteiger partial charge >= 0.3 is 0 Å². The highest BCUT2D eigenvalue weighted by atomic mass is 32.2. The molecule has 0 unspecified atom stereocenters. The first-order valence-electron chi connectivity index (χ1n) is 9.83. The Morgan fingerprint density at radius 3 is 2.68 bits per heavy atom. The number of benzene rings is 2. The van der Waals surface area contributed by atoms with E-state index in [1.54, 1.807) is 35.9 Å². The van der Waals surface area contributed by atoms with Gasteiger partial charge in [-0.15, -0.1) is 0 Å². The average molecular weight is 440 g/mol. The van der Waals surface area contributed by atoms with Crippen LogP contribution in [0.2, 0.25) is 0 Å². The number of aromatic nitrogens is 2. The van der Waals surface area contributed by atoms with Crippen LogP contribution in [0.5, 0.6) is 0 Å². The Bertz CT molecular complexity index is 1220. The number of aryl methyl sites for hydroxylation is 1. The zero-order valence-electron chi connectivity index (χ0n) is 16.9. The van der Waals surface area contributed by atoms with Crippen molar-refractivity contribution >= 4 is 10.0 Å². The molecular formula is C22H22FN5O2S. The van der Waals surface area contributed by atoms with Gasteiger partial charge in [-0.25, -0.2) is 17.8 Å². The highest BCUT2D eigenvalue weighted by molar-refractivity contribution is 7.89. The molecule has 0 saturated carbocycles. The van der Waals surface area contributed by atoms with Crippen molar-refractivity contribution in [2.45, 2.75) is 23.5 Å². The van der Waals surface area contributed by atoms with E-state index in [2.05, 4.69) is 16.4 Å². The van der Waals surface area contributed by atoms with Gasteiger partial charge < -0.3 is 9.88 Å². The van der Waals surface area contributed by atoms with Gasteiger partial charge in [-0.05, 0) is 35.4 Å². The van der Waals surface area contributed by atoms with Crippen molar-refractivity contribution in [3.8, 4) is 6.07 Å². The maximum Gasteiger partial charge on any atom is 0.262 e. The zero-order valence-corrected chi connectivity index (χ0v) is 17.8. The van der Waals surface area contributed by atoms with Crippen LogP contribution < -0.4 is 5.32 Å². The maximum atomic E-state index is 13.4. The molecule has 1 saturated heterocycles. The quantitative estimate of drug-likeness (QED) is 0.637. The van der Waals surface area contributed by atoms with Crippen molar-refractivity contribution < 1.29 is 12.8 Å². The van der Waals surface area contributed by atoms with Crippen LogP contribution in [-0.2, 0) is 23.6 Å². The van der Waals surface area contributed by atoms with Crippen LogP contribution in [0.25, 0.3) is 0 Å². The first-order chi connectivity index (χ1) is 14.9. The number of nitriles is 1. The Labute approximate surface area is 180 Å². The minimum atomic E-state index is -3.75. The molecule has 0 spiro atoms. The highest BCUT2D eigenvalue weighted by Gasteiger charge is 2.40. The fourth-order valence-electron chi connectivity index (χ4n) is 3.87. The summed E-state index contributed by atoms with van der Waals surface area (Å²) in [6.45, 7) is 1.01. The summed E-state index contributed by atoms with van der Waals surface area (Å²) in [7, 11) is -2.03. The second-order valence-corrected chi connectivity index (χ2v) is 9.54. The Morgan fingerprint density at radius 1 is 1.23 bits per heavy atom. The molecule has 160 valence electrons. The van der Waals surface area contributed by atoms with Gasteiger partial charge in [-0.2, -0.15) is 9.57 Å². The van der Waals surface area contributed by atoms with E-state index >= 15 is 0 Å². The lowest BCUT2D eigenvalue weighted by Gasteiger charge is -2.20. The van der Waals surface area contributed by atoms with Crippen LogP contribution in [0.4, 0.5) is 4.39 Å². The van der Waals surface area contributed by atoms with Gasteiger partial charge in [0.25, 0.3) is 10.0 Å². The number of nitrogens with zero attached hydrogens (tertiary/aromatic N) is 4. The van der Waals surface area contributed by atoms with Crippen LogP contribution >= 0.6 is 0 Å². The van der Waals surface area contributed by atoms with Crippen LogP contribution in [0.1, 0.15) is 22.6 Å². The van der Waals surface area contributed by atoms with Crippen LogP contribution in [0, 0.1) is 17.1 Å². The van der Waals surface area contributed by atoms with Gasteiger partial charge in [-0.1, -0.05) is 24.3 Å². The van der Waals surface area contributed by atoms with Crippen molar-refractivity contribution in [3.63, 3.8) is 0 Å². The predicted molar refractivity (Wildman–Crippen MR) is 113 cm³/mol. The maximum absolute atomic E-state index is 13.4. The summed E-state index contributed by atoms with van der Waals surface area (Å²) >= 11 is 0. The molecule has 1 aliphatic rings. The molecule has 1 aromatic heterocycles. The van der Waals surface area contributed by atoms with Crippen molar-refractivity contribution in [2.75, 3.05) is 13.1 Å². The van der Waals surface area contributed by atoms with Gasteiger partial charge in [0.2, 0.25) is 0 Å². The fraction of sp³-hybridized carbons (Fsp3) is 0.273. The Hall–Kier alpha value is -3.06. The lowest BCUT2D eigenvalue weighted by Crippen LogP contribution is -2.36. The van der Waals surface area contributed by atoms with E-state index in [9.17, 15) is 12.8 Å². The number of hydrogen-bond donors (Lipinski definition) is 1. The van der Waals surface area contributed by atoms with Crippen LogP contribution in [0.15, 0.2) is 66.1 Å². The molecule has 1 aliphatic heterocycles. The third kappa shape index (κ3) is 4.51. The molecule has 9 heteroatoms. The van der Waals surface area contributed by atoms with Gasteiger partial charge in [0.05, 0.1) is 18.0 Å². The molecule has 2 heterocycles. The minimum absolute atomic E-state index is 0.00947. The molecule has 3 aromatic rings. The Balaban J connectivity index is 1.59. The van der Waals surface area contributed by atoms with Crippen molar-refractivity contribution in [1.82, 2.24) is 19.2 Å². The van der Waals surface area contributed by atoms with E-state index in [1.165, 1.54) is 29.0 Å². The lowest BCUT2D eigenvalue weighted by atomic mass is 9.94. The average Bonchev–Trinajstić information content (AvgIpc) is 3.40. The van der Waals surface area contributed by atoms with E-state index in [4.69, 9.17) is 5.26 Å². The molecule has 0 amide bonds. The summed E-state index contributed by atoms with van der Waals surface area (Å²) in [6, 6.07) is 15.4. The summed E-state index contributed by atoms with van der Waals surface area (Å²) < 4.78 is 42.7. The lowest BCUT2D eigenvalue weighted by molar-refractivity contribution is 0.454. The molecule has 1 N–H and O–H groups in total. The molecule has 0 radical (unpaired) electrons. The van der Waals surface area contributed by atoms with Crippen molar-refractivity contribution in [3.05, 3.63) is 83.6 Å². The third-order valence-electron chi connectivity index (χ3n) is 5.49. The fourth-order valence-corrected chi connectivity index (χ4v) is 5.33. The number of rotatable bonds is 6. The first-order valence-corrected chi connectivity index (χ1v) is 11.3. The van der Waals surface area contributed by atoms with Crippen molar-refractivity contribution in [1.29, 1.82) is 5.26 Å². The third-order valence-corrected chi connectivity index (χ3v) is 7.21. The largest absolute Gasteiger partial charge is 0.339 e. The van der Waals surface area contributed by atoms with E-state index < -0.39 is 10.0 Å². The van der Waals surface area contributed by atoms with Crippen LogP contribution in [-0.4, -0.2) is 41.4 Å². The Kier molecular flexibility index (Phi) is 5.87. The summed E-state index contributed by atoms with van der Waals surface area (Å²) in [5.74, 6) is -0.490. The summed E-state index contributed by atoms with van der Waals surface area (Å²) in [5, 5.41) is 12.6. The second-order valence-electron chi connectivity index (χ2n) is 7.66. The molecule has 2 aromatic carbocycles. The van der Waals surface area contributed by atoms with E-state index in [0.29, 0.717) is 12.1 Å². The van der Waals surface area contributed by atoms with Gasteiger partial charge in [0.15, 0.2) is 5.03 Å². The number of imidazole rings is 1. The molecule has 0 aliphatic carbocycles. The first kappa shape index (κ1) is 21.2. The number of nitrogens with one attached hydrogen (secondary N) is 1. The van der Waals surface area contributed by atoms with E-state index in [1.807, 2.05) is 12.1 Å². The molecule has 7 nitrogen and oxygen atoms in total. The van der Waals surface area contributed by atoms with Crippen LogP contribution in [0.3, 0.4) is 0 Å². The summed E-state index contributed by atoms with van der Waals surface area (Å²) in [4.78, 5) is 4.01. The molecule has 0 bridgehead atoms. The van der Waals surface area contributed by atoms with E-state index in [0.717, 1.165) is 11.1 Å². The smallest absolute Gasteiger partial charge is 0.262 e. The normalized spacial score (nSPS) is 19.4. The minimum Gasteiger partial charge on any atom is -0.339 e. The Morgan fingerprint density at radius 2 is 2.00 bits per heavy atom. The zero-order chi connectivity index (χ0) is 22.0. The van der Waals surface area contributed by atoms with Gasteiger partial charge in [-0.3, -0.25) is 0 Å². The molecule has 1 fully saturated rings. The number of sulfonamides is 1. The highest BCUT2D eigenvalue weighted by Crippen LogP contribution is 2.31. The molecular weight excluding hydrogens is 417 g/mol. The van der Waals surface area contributed by atoms with Gasteiger partial charge in [0.1, 0.15) is 5.82 Å². The van der Waals surface area contributed by atoms with Crippen molar-refractivity contribution in [2.24, 2.45) is 7.05 Å². The van der Waals surface area contributed by atoms with E-state index in [-0.39, 0.29) is 35.9 Å². The number of hydrogen-bond acceptors (Lipinski definition) is 5. The second kappa shape index (κ2) is 8.59. The number of halogens is 1. The molecule has 4 rings (SSSR count). The molecule has 31 heavy (non-hydrogen) atoms. The standard InChI is InChI=1S/C22H22FN5O2S/c1-27-14-22(26-15-27)31(29,30)28-12-20(18-5-7-19(23)8-6-18)21(13-28)25-11-17-4-2-3-16(9-17)10-24/h2-9,14-15,20-21,25H,11-13H2,1H3/t20-,21+/m1/s1. The molecule has 2 atom stereocenters. The summed E-state index contributed by atoms with van der Waals surface area (Å²) in [6.07, 6.45) is 2.94.